The van der Waals surface area contributed by atoms with Gasteiger partial charge >= 0.3 is 0 Å². The number of nitrogens with one attached hydrogen (secondary N) is 1. The highest BCUT2D eigenvalue weighted by Crippen LogP contribution is 2.32. The lowest BCUT2D eigenvalue weighted by molar-refractivity contribution is 0.316. The quantitative estimate of drug-likeness (QED) is 0.850. The Bertz CT molecular complexity index is 330. The van der Waals surface area contributed by atoms with E-state index in [1.807, 2.05) is 6.20 Å². The highest BCUT2D eigenvalue weighted by atomic mass is 15.1. The number of rotatable bonds is 5. The van der Waals surface area contributed by atoms with Crippen molar-refractivity contribution in [2.24, 2.45) is 0 Å². The summed E-state index contributed by atoms with van der Waals surface area (Å²) in [5, 5.41) is 3.64. The topological polar surface area (TPSA) is 29.9 Å². The van der Waals surface area contributed by atoms with Crippen molar-refractivity contribution in [3.05, 3.63) is 18.2 Å². The van der Waals surface area contributed by atoms with Gasteiger partial charge in [0.2, 0.25) is 0 Å². The zero-order valence-electron chi connectivity index (χ0n) is 11.2. The van der Waals surface area contributed by atoms with Crippen LogP contribution in [0.3, 0.4) is 0 Å². The Kier molecular flexibility index (Phi) is 4.60. The Labute approximate surface area is 105 Å². The molecule has 1 heterocycles. The third kappa shape index (κ3) is 2.89. The molecule has 0 radical (unpaired) electrons. The van der Waals surface area contributed by atoms with Crippen molar-refractivity contribution in [1.82, 2.24) is 14.9 Å². The fraction of sp³-hybridized carbons (Fsp3) is 0.786. The molecule has 0 aliphatic heterocycles. The number of imidazole rings is 1. The van der Waals surface area contributed by atoms with Gasteiger partial charge in [-0.25, -0.2) is 4.98 Å². The molecule has 2 atom stereocenters. The molecule has 1 saturated carbocycles. The Hall–Kier alpha value is -0.830. The van der Waals surface area contributed by atoms with Gasteiger partial charge in [0, 0.05) is 30.9 Å². The van der Waals surface area contributed by atoms with Crippen LogP contribution >= 0.6 is 0 Å². The molecule has 0 saturated heterocycles. The Balaban J connectivity index is 2.14. The van der Waals surface area contributed by atoms with E-state index in [2.05, 4.69) is 34.9 Å². The third-order valence-electron chi connectivity index (χ3n) is 3.78. The second-order valence-corrected chi connectivity index (χ2v) is 5.03. The van der Waals surface area contributed by atoms with Crippen LogP contribution in [0.1, 0.15) is 57.7 Å². The molecule has 17 heavy (non-hydrogen) atoms. The summed E-state index contributed by atoms with van der Waals surface area (Å²) in [6.07, 6.45) is 10.6. The summed E-state index contributed by atoms with van der Waals surface area (Å²) in [6, 6.07) is 0.631. The summed E-state index contributed by atoms with van der Waals surface area (Å²) in [5.41, 5.74) is 0. The van der Waals surface area contributed by atoms with Gasteiger partial charge in [0.05, 0.1) is 0 Å². The molecule has 0 bridgehead atoms. The van der Waals surface area contributed by atoms with Gasteiger partial charge in [-0.1, -0.05) is 26.7 Å². The first-order valence-corrected chi connectivity index (χ1v) is 7.11. The van der Waals surface area contributed by atoms with Gasteiger partial charge in [-0.05, 0) is 25.8 Å². The molecule has 1 aliphatic carbocycles. The van der Waals surface area contributed by atoms with Gasteiger partial charge in [0.1, 0.15) is 5.82 Å². The zero-order chi connectivity index (χ0) is 12.1. The van der Waals surface area contributed by atoms with Crippen LogP contribution in [0.2, 0.25) is 0 Å². The molecule has 2 rings (SSSR count). The Morgan fingerprint density at radius 1 is 1.35 bits per heavy atom. The number of aryl methyl sites for hydroxylation is 1. The molecule has 1 aliphatic rings. The van der Waals surface area contributed by atoms with Crippen molar-refractivity contribution in [3.63, 3.8) is 0 Å². The smallest absolute Gasteiger partial charge is 0.113 e. The Morgan fingerprint density at radius 2 is 2.18 bits per heavy atom. The molecular formula is C14H25N3. The van der Waals surface area contributed by atoms with Crippen LogP contribution in [0.5, 0.6) is 0 Å². The fourth-order valence-corrected chi connectivity index (χ4v) is 3.03. The Morgan fingerprint density at radius 3 is 2.94 bits per heavy atom. The minimum Gasteiger partial charge on any atom is -0.335 e. The van der Waals surface area contributed by atoms with E-state index < -0.39 is 0 Å². The fourth-order valence-electron chi connectivity index (χ4n) is 3.03. The molecular weight excluding hydrogens is 210 g/mol. The number of aromatic nitrogens is 2. The summed E-state index contributed by atoms with van der Waals surface area (Å²) in [5.74, 6) is 1.92. The molecule has 1 N–H and O–H groups in total. The molecule has 1 aromatic heterocycles. The lowest BCUT2D eigenvalue weighted by Crippen LogP contribution is -2.38. The van der Waals surface area contributed by atoms with E-state index >= 15 is 0 Å². The van der Waals surface area contributed by atoms with E-state index in [0.29, 0.717) is 12.0 Å². The van der Waals surface area contributed by atoms with E-state index in [9.17, 15) is 0 Å². The SMILES string of the molecule is CCCn1ccnc1C1CCCCC1NCC. The van der Waals surface area contributed by atoms with E-state index in [0.717, 1.165) is 13.1 Å². The number of hydrogen-bond donors (Lipinski definition) is 1. The highest BCUT2D eigenvalue weighted by molar-refractivity contribution is 5.06. The molecule has 96 valence electrons. The summed E-state index contributed by atoms with van der Waals surface area (Å²) in [6.45, 7) is 6.59. The first-order valence-electron chi connectivity index (χ1n) is 7.11. The van der Waals surface area contributed by atoms with Gasteiger partial charge in [0.15, 0.2) is 0 Å². The second kappa shape index (κ2) is 6.20. The maximum atomic E-state index is 4.61. The zero-order valence-corrected chi connectivity index (χ0v) is 11.2. The third-order valence-corrected chi connectivity index (χ3v) is 3.78. The first-order chi connectivity index (χ1) is 8.36. The van der Waals surface area contributed by atoms with Crippen LogP contribution < -0.4 is 5.32 Å². The maximum Gasteiger partial charge on any atom is 0.113 e. The molecule has 2 unspecified atom stereocenters. The van der Waals surface area contributed by atoms with Gasteiger partial charge in [-0.3, -0.25) is 0 Å². The molecule has 1 aromatic rings. The summed E-state index contributed by atoms with van der Waals surface area (Å²) >= 11 is 0. The van der Waals surface area contributed by atoms with Crippen molar-refractivity contribution < 1.29 is 0 Å². The van der Waals surface area contributed by atoms with Gasteiger partial charge in [-0.15, -0.1) is 0 Å². The number of nitrogens with zero attached hydrogens (tertiary/aromatic N) is 2. The lowest BCUT2D eigenvalue weighted by Gasteiger charge is -2.32. The molecule has 3 nitrogen and oxygen atoms in total. The number of hydrogen-bond acceptors (Lipinski definition) is 2. The summed E-state index contributed by atoms with van der Waals surface area (Å²) < 4.78 is 2.35. The van der Waals surface area contributed by atoms with E-state index in [1.54, 1.807) is 0 Å². The van der Waals surface area contributed by atoms with E-state index in [4.69, 9.17) is 0 Å². The maximum absolute atomic E-state index is 4.61. The standard InChI is InChI=1S/C14H25N3/c1-3-10-17-11-9-16-14(17)12-7-5-6-8-13(12)15-4-2/h9,11-13,15H,3-8,10H2,1-2H3. The average Bonchev–Trinajstić information content (AvgIpc) is 2.79. The van der Waals surface area contributed by atoms with Gasteiger partial charge in [0.25, 0.3) is 0 Å². The summed E-state index contributed by atoms with van der Waals surface area (Å²) in [7, 11) is 0. The predicted molar refractivity (Wildman–Crippen MR) is 71.2 cm³/mol. The predicted octanol–water partition coefficient (Wildman–Crippen LogP) is 2.93. The monoisotopic (exact) mass is 235 g/mol. The van der Waals surface area contributed by atoms with Crippen LogP contribution in [-0.2, 0) is 6.54 Å². The van der Waals surface area contributed by atoms with Crippen LogP contribution in [0.25, 0.3) is 0 Å². The van der Waals surface area contributed by atoms with E-state index in [-0.39, 0.29) is 0 Å². The largest absolute Gasteiger partial charge is 0.335 e. The molecule has 1 fully saturated rings. The van der Waals surface area contributed by atoms with E-state index in [1.165, 1.54) is 37.9 Å². The van der Waals surface area contributed by atoms with Crippen LogP contribution in [-0.4, -0.2) is 22.1 Å². The van der Waals surface area contributed by atoms with Crippen LogP contribution in [0.15, 0.2) is 12.4 Å². The molecule has 3 heteroatoms. The van der Waals surface area contributed by atoms with Crippen molar-refractivity contribution in [1.29, 1.82) is 0 Å². The molecule has 0 spiro atoms. The molecule has 0 aromatic carbocycles. The van der Waals surface area contributed by atoms with Crippen molar-refractivity contribution in [3.8, 4) is 0 Å². The second-order valence-electron chi connectivity index (χ2n) is 5.03. The van der Waals surface area contributed by atoms with Gasteiger partial charge in [-0.2, -0.15) is 0 Å². The number of likely N-dealkylation sites (N-methyl/N-ethyl adjacent to an activating group) is 1. The normalized spacial score (nSPS) is 25.1. The summed E-state index contributed by atoms with van der Waals surface area (Å²) in [4.78, 5) is 4.61. The average molecular weight is 235 g/mol. The highest BCUT2D eigenvalue weighted by Gasteiger charge is 2.28. The minimum absolute atomic E-state index is 0.616. The van der Waals surface area contributed by atoms with Crippen LogP contribution in [0.4, 0.5) is 0 Å². The molecule has 0 amide bonds. The van der Waals surface area contributed by atoms with Crippen molar-refractivity contribution in [2.45, 2.75) is 64.5 Å². The minimum atomic E-state index is 0.616. The van der Waals surface area contributed by atoms with Crippen molar-refractivity contribution in [2.75, 3.05) is 6.54 Å². The lowest BCUT2D eigenvalue weighted by atomic mass is 9.83. The first kappa shape index (κ1) is 12.6. The van der Waals surface area contributed by atoms with Gasteiger partial charge < -0.3 is 9.88 Å². The van der Waals surface area contributed by atoms with Crippen LogP contribution in [0, 0.1) is 0 Å². The van der Waals surface area contributed by atoms with Crippen molar-refractivity contribution >= 4 is 0 Å².